The van der Waals surface area contributed by atoms with Crippen molar-refractivity contribution in [1.82, 2.24) is 10.2 Å². The van der Waals surface area contributed by atoms with Crippen molar-refractivity contribution in [2.45, 2.75) is 64.6 Å². The number of carbonyl (C=O) groups is 2. The second-order valence-electron chi connectivity index (χ2n) is 9.81. The fourth-order valence-corrected chi connectivity index (χ4v) is 4.95. The lowest BCUT2D eigenvalue weighted by Crippen LogP contribution is -2.53. The summed E-state index contributed by atoms with van der Waals surface area (Å²) in [5.41, 5.74) is 4.15. The third kappa shape index (κ3) is 7.20. The molecule has 0 radical (unpaired) electrons. The van der Waals surface area contributed by atoms with Crippen LogP contribution < -0.4 is 10.1 Å². The topological polar surface area (TPSA) is 58.6 Å². The number of benzene rings is 3. The van der Waals surface area contributed by atoms with Gasteiger partial charge in [-0.1, -0.05) is 79.6 Å². The molecule has 0 heterocycles. The molecule has 1 fully saturated rings. The minimum absolute atomic E-state index is 0.0959. The fraction of sp³-hybridized carbons (Fsp3) is 0.355. The summed E-state index contributed by atoms with van der Waals surface area (Å²) in [4.78, 5) is 29.0. The van der Waals surface area contributed by atoms with Crippen molar-refractivity contribution < 1.29 is 14.3 Å². The van der Waals surface area contributed by atoms with Gasteiger partial charge in [-0.3, -0.25) is 9.59 Å². The lowest BCUT2D eigenvalue weighted by Gasteiger charge is -2.32. The van der Waals surface area contributed by atoms with Gasteiger partial charge in [0.2, 0.25) is 5.91 Å². The lowest BCUT2D eigenvalue weighted by atomic mass is 10.0. The number of ether oxygens (including phenoxy) is 1. The summed E-state index contributed by atoms with van der Waals surface area (Å²) < 4.78 is 5.94. The summed E-state index contributed by atoms with van der Waals surface area (Å²) in [6.45, 7) is 4.22. The Bertz CT molecular complexity index is 1120. The Morgan fingerprint density at radius 2 is 1.47 bits per heavy atom. The van der Waals surface area contributed by atoms with Crippen LogP contribution in [-0.4, -0.2) is 35.4 Å². The van der Waals surface area contributed by atoms with Crippen molar-refractivity contribution in [3.8, 4) is 5.75 Å². The van der Waals surface area contributed by atoms with E-state index in [0.29, 0.717) is 18.7 Å². The second-order valence-corrected chi connectivity index (χ2v) is 9.81. The summed E-state index contributed by atoms with van der Waals surface area (Å²) >= 11 is 0. The summed E-state index contributed by atoms with van der Waals surface area (Å²) in [5.74, 6) is 0.359. The minimum atomic E-state index is -0.636. The molecule has 1 aliphatic carbocycles. The SMILES string of the molecule is Cc1cc(C)cc(OCC(=O)N(Cc2ccccc2)C(Cc2ccccc2)C(=O)NC2CCCC2)c1. The van der Waals surface area contributed by atoms with Crippen LogP contribution in [-0.2, 0) is 22.6 Å². The van der Waals surface area contributed by atoms with Gasteiger partial charge < -0.3 is 15.0 Å². The Morgan fingerprint density at radius 3 is 2.08 bits per heavy atom. The highest BCUT2D eigenvalue weighted by Gasteiger charge is 2.32. The van der Waals surface area contributed by atoms with E-state index in [-0.39, 0.29) is 24.5 Å². The van der Waals surface area contributed by atoms with Gasteiger partial charge in [-0.15, -0.1) is 0 Å². The van der Waals surface area contributed by atoms with Crippen LogP contribution >= 0.6 is 0 Å². The van der Waals surface area contributed by atoms with Gasteiger partial charge in [0.05, 0.1) is 0 Å². The first-order valence-electron chi connectivity index (χ1n) is 12.9. The van der Waals surface area contributed by atoms with Gasteiger partial charge in [0.25, 0.3) is 5.91 Å². The summed E-state index contributed by atoms with van der Waals surface area (Å²) in [5, 5.41) is 3.24. The van der Waals surface area contributed by atoms with E-state index in [0.717, 1.165) is 47.9 Å². The zero-order chi connectivity index (χ0) is 25.3. The van der Waals surface area contributed by atoms with Crippen LogP contribution in [0.1, 0.15) is 47.9 Å². The number of hydrogen-bond acceptors (Lipinski definition) is 3. The molecule has 4 rings (SSSR count). The lowest BCUT2D eigenvalue weighted by molar-refractivity contribution is -0.143. The van der Waals surface area contributed by atoms with E-state index in [1.54, 1.807) is 4.90 Å². The second kappa shape index (κ2) is 12.4. The number of rotatable bonds is 10. The molecular formula is C31H36N2O3. The van der Waals surface area contributed by atoms with Gasteiger partial charge in [0.15, 0.2) is 6.61 Å². The number of aryl methyl sites for hydroxylation is 2. The molecule has 0 saturated heterocycles. The highest BCUT2D eigenvalue weighted by atomic mass is 16.5. The van der Waals surface area contributed by atoms with Gasteiger partial charge in [-0.05, 0) is 61.1 Å². The number of carbonyl (C=O) groups excluding carboxylic acids is 2. The molecule has 36 heavy (non-hydrogen) atoms. The molecule has 3 aromatic rings. The van der Waals surface area contributed by atoms with Crippen LogP contribution in [0.25, 0.3) is 0 Å². The number of nitrogens with one attached hydrogen (secondary N) is 1. The molecule has 2 amide bonds. The first kappa shape index (κ1) is 25.5. The minimum Gasteiger partial charge on any atom is -0.484 e. The van der Waals surface area contributed by atoms with E-state index in [1.807, 2.05) is 86.6 Å². The van der Waals surface area contributed by atoms with Crippen molar-refractivity contribution >= 4 is 11.8 Å². The molecule has 1 aliphatic rings. The average Bonchev–Trinajstić information content (AvgIpc) is 3.38. The van der Waals surface area contributed by atoms with Crippen LogP contribution in [0.3, 0.4) is 0 Å². The quantitative estimate of drug-likeness (QED) is 0.420. The molecular weight excluding hydrogens is 448 g/mol. The van der Waals surface area contributed by atoms with Crippen LogP contribution in [0, 0.1) is 13.8 Å². The van der Waals surface area contributed by atoms with Crippen LogP contribution in [0.15, 0.2) is 78.9 Å². The molecule has 0 aliphatic heterocycles. The van der Waals surface area contributed by atoms with Crippen molar-refractivity contribution in [3.05, 3.63) is 101 Å². The molecule has 1 atom stereocenters. The van der Waals surface area contributed by atoms with Crippen LogP contribution in [0.2, 0.25) is 0 Å². The van der Waals surface area contributed by atoms with Gasteiger partial charge in [0.1, 0.15) is 11.8 Å². The molecule has 1 saturated carbocycles. The van der Waals surface area contributed by atoms with Gasteiger partial charge >= 0.3 is 0 Å². The first-order chi connectivity index (χ1) is 17.5. The van der Waals surface area contributed by atoms with Crippen molar-refractivity contribution in [2.75, 3.05) is 6.61 Å². The third-order valence-electron chi connectivity index (χ3n) is 6.73. The van der Waals surface area contributed by atoms with Gasteiger partial charge in [0, 0.05) is 19.0 Å². The predicted molar refractivity (Wildman–Crippen MR) is 143 cm³/mol. The Balaban J connectivity index is 1.60. The molecule has 5 heteroatoms. The van der Waals surface area contributed by atoms with E-state index in [2.05, 4.69) is 11.4 Å². The maximum Gasteiger partial charge on any atom is 0.261 e. The largest absolute Gasteiger partial charge is 0.484 e. The number of nitrogens with zero attached hydrogens (tertiary/aromatic N) is 1. The van der Waals surface area contributed by atoms with Gasteiger partial charge in [-0.2, -0.15) is 0 Å². The Morgan fingerprint density at radius 1 is 0.889 bits per heavy atom. The monoisotopic (exact) mass is 484 g/mol. The summed E-state index contributed by atoms with van der Waals surface area (Å²) in [6, 6.07) is 25.2. The van der Waals surface area contributed by atoms with Crippen molar-refractivity contribution in [3.63, 3.8) is 0 Å². The molecule has 1 N–H and O–H groups in total. The van der Waals surface area contributed by atoms with Crippen molar-refractivity contribution in [2.24, 2.45) is 0 Å². The maximum absolute atomic E-state index is 13.7. The molecule has 5 nitrogen and oxygen atoms in total. The molecule has 188 valence electrons. The Hall–Kier alpha value is -3.60. The van der Waals surface area contributed by atoms with E-state index >= 15 is 0 Å². The Labute approximate surface area is 214 Å². The normalized spacial score (nSPS) is 14.3. The van der Waals surface area contributed by atoms with Crippen molar-refractivity contribution in [1.29, 1.82) is 0 Å². The summed E-state index contributed by atoms with van der Waals surface area (Å²) in [6.07, 6.45) is 4.69. The molecule has 0 bridgehead atoms. The van der Waals surface area contributed by atoms with E-state index in [4.69, 9.17) is 4.74 Å². The molecule has 3 aromatic carbocycles. The van der Waals surface area contributed by atoms with E-state index < -0.39 is 6.04 Å². The first-order valence-corrected chi connectivity index (χ1v) is 12.9. The molecule has 0 aromatic heterocycles. The smallest absolute Gasteiger partial charge is 0.261 e. The Kier molecular flexibility index (Phi) is 8.77. The highest BCUT2D eigenvalue weighted by molar-refractivity contribution is 5.88. The number of amides is 2. The summed E-state index contributed by atoms with van der Waals surface area (Å²) in [7, 11) is 0. The highest BCUT2D eigenvalue weighted by Crippen LogP contribution is 2.21. The van der Waals surface area contributed by atoms with E-state index in [9.17, 15) is 9.59 Å². The zero-order valence-electron chi connectivity index (χ0n) is 21.3. The third-order valence-corrected chi connectivity index (χ3v) is 6.73. The zero-order valence-corrected chi connectivity index (χ0v) is 21.3. The average molecular weight is 485 g/mol. The predicted octanol–water partition coefficient (Wildman–Crippen LogP) is 5.38. The fourth-order valence-electron chi connectivity index (χ4n) is 4.95. The van der Waals surface area contributed by atoms with Gasteiger partial charge in [-0.25, -0.2) is 0 Å². The van der Waals surface area contributed by atoms with Crippen LogP contribution in [0.5, 0.6) is 5.75 Å². The maximum atomic E-state index is 13.7. The standard InChI is InChI=1S/C31H36N2O3/c1-23-17-24(2)19-28(18-23)36-22-30(34)33(21-26-13-7-4-8-14-26)29(20-25-11-5-3-6-12-25)31(35)32-27-15-9-10-16-27/h3-8,11-14,17-19,27,29H,9-10,15-16,20-22H2,1-2H3,(H,32,35). The molecule has 0 spiro atoms. The molecule has 1 unspecified atom stereocenters. The van der Waals surface area contributed by atoms with Crippen LogP contribution in [0.4, 0.5) is 0 Å². The van der Waals surface area contributed by atoms with E-state index in [1.165, 1.54) is 0 Å². The number of hydrogen-bond donors (Lipinski definition) is 1.